The fourth-order valence-corrected chi connectivity index (χ4v) is 0.753. The molecule has 0 radical (unpaired) electrons. The van der Waals surface area contributed by atoms with Crippen molar-refractivity contribution >= 4 is 11.6 Å². The molecule has 0 spiro atoms. The summed E-state index contributed by atoms with van der Waals surface area (Å²) < 4.78 is 4.51. The van der Waals surface area contributed by atoms with Crippen molar-refractivity contribution in [3.8, 4) is 12.0 Å². The van der Waals surface area contributed by atoms with Gasteiger partial charge < -0.3 is 4.74 Å². The zero-order chi connectivity index (χ0) is 8.27. The Kier molecular flexibility index (Phi) is 2.24. The lowest BCUT2D eigenvalue weighted by molar-refractivity contribution is 0.496. The van der Waals surface area contributed by atoms with Crippen LogP contribution in [0.4, 0.5) is 0 Å². The summed E-state index contributed by atoms with van der Waals surface area (Å²) in [6, 6.07) is 0. The second-order valence-corrected chi connectivity index (χ2v) is 2.12. The van der Waals surface area contributed by atoms with Gasteiger partial charge >= 0.3 is 0 Å². The molecule has 0 N–H and O–H groups in total. The van der Waals surface area contributed by atoms with Gasteiger partial charge in [-0.3, -0.25) is 0 Å². The van der Waals surface area contributed by atoms with Gasteiger partial charge in [0.1, 0.15) is 0 Å². The maximum absolute atomic E-state index is 8.15. The number of aromatic nitrogens is 2. The van der Waals surface area contributed by atoms with Gasteiger partial charge in [-0.05, 0) is 18.5 Å². The maximum Gasteiger partial charge on any atom is 0.292 e. The van der Waals surface area contributed by atoms with Gasteiger partial charge in [0.2, 0.25) is 5.28 Å². The van der Waals surface area contributed by atoms with Crippen molar-refractivity contribution < 1.29 is 4.74 Å². The van der Waals surface area contributed by atoms with Crippen LogP contribution in [0.25, 0.3) is 0 Å². The molecule has 0 saturated heterocycles. The monoisotopic (exact) mass is 169 g/mol. The molecule has 0 saturated carbocycles. The minimum absolute atomic E-state index is 0.146. The largest absolute Gasteiger partial charge is 0.384 e. The molecule has 0 aliphatic rings. The first kappa shape index (κ1) is 7.76. The summed E-state index contributed by atoms with van der Waals surface area (Å²) in [7, 11) is 0. The van der Waals surface area contributed by atoms with E-state index in [1.54, 1.807) is 6.92 Å². The second kappa shape index (κ2) is 3.17. The van der Waals surface area contributed by atoms with Gasteiger partial charge in [0.25, 0.3) is 6.26 Å². The normalized spacial score (nSPS) is 8.82. The molecular weight excluding hydrogens is 166 g/mol. The van der Waals surface area contributed by atoms with Crippen LogP contribution < -0.4 is 4.74 Å². The minimum Gasteiger partial charge on any atom is -0.384 e. The van der Waals surface area contributed by atoms with E-state index in [4.69, 9.17) is 16.9 Å². The van der Waals surface area contributed by atoms with Crippen molar-refractivity contribution in [2.24, 2.45) is 0 Å². The molecule has 0 amide bonds. The van der Waals surface area contributed by atoms with Gasteiger partial charge in [0.15, 0.2) is 5.75 Å². The predicted molar refractivity (Wildman–Crippen MR) is 38.0 cm³/mol. The number of nitriles is 1. The highest BCUT2D eigenvalue weighted by molar-refractivity contribution is 6.28. The van der Waals surface area contributed by atoms with E-state index >= 15 is 0 Å². The first-order valence-electron chi connectivity index (χ1n) is 2.79. The van der Waals surface area contributed by atoms with Gasteiger partial charge in [-0.1, -0.05) is 0 Å². The van der Waals surface area contributed by atoms with E-state index in [0.717, 1.165) is 0 Å². The van der Waals surface area contributed by atoms with Crippen molar-refractivity contribution in [2.45, 2.75) is 6.92 Å². The third kappa shape index (κ3) is 1.79. The fraction of sp³-hybridized carbons (Fsp3) is 0.167. The zero-order valence-corrected chi connectivity index (χ0v) is 6.46. The van der Waals surface area contributed by atoms with E-state index in [-0.39, 0.29) is 5.28 Å². The number of aryl methyl sites for hydroxylation is 1. The van der Waals surface area contributed by atoms with Crippen molar-refractivity contribution in [1.29, 1.82) is 5.26 Å². The molecule has 0 aromatic carbocycles. The van der Waals surface area contributed by atoms with E-state index < -0.39 is 0 Å². The zero-order valence-electron chi connectivity index (χ0n) is 5.71. The third-order valence-corrected chi connectivity index (χ3v) is 1.24. The minimum atomic E-state index is 0.146. The molecule has 0 unspecified atom stereocenters. The molecule has 0 aliphatic heterocycles. The van der Waals surface area contributed by atoms with E-state index in [1.807, 2.05) is 0 Å². The van der Waals surface area contributed by atoms with Crippen molar-refractivity contribution in [1.82, 2.24) is 9.97 Å². The summed E-state index contributed by atoms with van der Waals surface area (Å²) >= 11 is 5.46. The van der Waals surface area contributed by atoms with Crippen molar-refractivity contribution in [3.63, 3.8) is 0 Å². The smallest absolute Gasteiger partial charge is 0.292 e. The summed E-state index contributed by atoms with van der Waals surface area (Å²) in [5.41, 5.74) is 0.548. The molecule has 56 valence electrons. The van der Waals surface area contributed by atoms with Crippen LogP contribution in [0.5, 0.6) is 5.75 Å². The molecule has 0 atom stereocenters. The lowest BCUT2D eigenvalue weighted by atomic mass is 10.4. The number of hydrogen-bond donors (Lipinski definition) is 0. The van der Waals surface area contributed by atoms with Gasteiger partial charge in [-0.25, -0.2) is 9.97 Å². The number of rotatable bonds is 1. The average Bonchev–Trinajstić information content (AvgIpc) is 1.95. The van der Waals surface area contributed by atoms with Crippen LogP contribution in [-0.2, 0) is 0 Å². The lowest BCUT2D eigenvalue weighted by Crippen LogP contribution is -1.91. The average molecular weight is 170 g/mol. The van der Waals surface area contributed by atoms with E-state index in [1.165, 1.54) is 12.5 Å². The molecule has 1 heterocycles. The molecule has 1 aromatic heterocycles. The molecule has 1 rings (SSSR count). The topological polar surface area (TPSA) is 58.8 Å². The first-order valence-corrected chi connectivity index (χ1v) is 3.17. The van der Waals surface area contributed by atoms with E-state index in [0.29, 0.717) is 11.4 Å². The molecule has 5 heteroatoms. The Morgan fingerprint density at radius 3 is 3.00 bits per heavy atom. The van der Waals surface area contributed by atoms with Crippen LogP contribution in [0.3, 0.4) is 0 Å². The van der Waals surface area contributed by atoms with E-state index in [2.05, 4.69) is 14.7 Å². The van der Waals surface area contributed by atoms with Gasteiger partial charge in [-0.2, -0.15) is 0 Å². The Hall–Kier alpha value is -1.34. The summed E-state index contributed by atoms with van der Waals surface area (Å²) in [5, 5.41) is 8.30. The van der Waals surface area contributed by atoms with Crippen LogP contribution in [0, 0.1) is 18.4 Å². The molecule has 0 fully saturated rings. The predicted octanol–water partition coefficient (Wildman–Crippen LogP) is 1.30. The maximum atomic E-state index is 8.15. The quantitative estimate of drug-likeness (QED) is 0.470. The summed E-state index contributed by atoms with van der Waals surface area (Å²) in [6.07, 6.45) is 2.88. The summed E-state index contributed by atoms with van der Waals surface area (Å²) in [5.74, 6) is 0.330. The van der Waals surface area contributed by atoms with Crippen molar-refractivity contribution in [2.75, 3.05) is 0 Å². The Bertz CT molecular complexity index is 307. The van der Waals surface area contributed by atoms with Crippen LogP contribution in [0.15, 0.2) is 6.20 Å². The molecule has 1 aromatic rings. The SMILES string of the molecule is Cc1nc(Cl)ncc1OC#N. The highest BCUT2D eigenvalue weighted by atomic mass is 35.5. The number of ether oxygens (including phenoxy) is 1. The highest BCUT2D eigenvalue weighted by Gasteiger charge is 2.01. The number of hydrogen-bond acceptors (Lipinski definition) is 4. The Labute approximate surface area is 68.4 Å². The van der Waals surface area contributed by atoms with Crippen LogP contribution in [0.1, 0.15) is 5.69 Å². The number of nitrogens with zero attached hydrogens (tertiary/aromatic N) is 3. The molecular formula is C6H4ClN3O. The fourth-order valence-electron chi connectivity index (χ4n) is 0.577. The van der Waals surface area contributed by atoms with E-state index in [9.17, 15) is 0 Å². The summed E-state index contributed by atoms with van der Waals surface area (Å²) in [4.78, 5) is 7.41. The Morgan fingerprint density at radius 1 is 1.73 bits per heavy atom. The first-order chi connectivity index (χ1) is 5.24. The Balaban J connectivity index is 3.01. The van der Waals surface area contributed by atoms with Crippen molar-refractivity contribution in [3.05, 3.63) is 17.2 Å². The Morgan fingerprint density at radius 2 is 2.45 bits per heavy atom. The molecule has 4 nitrogen and oxygen atoms in total. The standard InChI is InChI=1S/C6H4ClN3O/c1-4-5(11-3-8)2-9-6(7)10-4/h2H,1H3. The molecule has 11 heavy (non-hydrogen) atoms. The van der Waals surface area contributed by atoms with Gasteiger partial charge in [-0.15, -0.1) is 5.26 Å². The highest BCUT2D eigenvalue weighted by Crippen LogP contribution is 2.14. The van der Waals surface area contributed by atoms with Crippen LogP contribution in [0.2, 0.25) is 5.28 Å². The lowest BCUT2D eigenvalue weighted by Gasteiger charge is -1.97. The molecule has 0 aliphatic carbocycles. The van der Waals surface area contributed by atoms with Crippen LogP contribution in [-0.4, -0.2) is 9.97 Å². The third-order valence-electron chi connectivity index (χ3n) is 1.06. The van der Waals surface area contributed by atoms with Gasteiger partial charge in [0.05, 0.1) is 11.9 Å². The summed E-state index contributed by atoms with van der Waals surface area (Å²) in [6.45, 7) is 1.68. The molecule has 0 bridgehead atoms. The van der Waals surface area contributed by atoms with Crippen LogP contribution >= 0.6 is 11.6 Å². The second-order valence-electron chi connectivity index (χ2n) is 1.78. The number of halogens is 1. The van der Waals surface area contributed by atoms with Gasteiger partial charge in [0, 0.05) is 0 Å².